The molecule has 1 aromatic heterocycles. The van der Waals surface area contributed by atoms with Gasteiger partial charge in [-0.2, -0.15) is 5.26 Å². The van der Waals surface area contributed by atoms with Crippen LogP contribution in [0.25, 0.3) is 0 Å². The minimum Gasteiger partial charge on any atom is -0.348 e. The third kappa shape index (κ3) is 3.46. The topological polar surface area (TPSA) is 56.9 Å². The number of rotatable bonds is 6. The second-order valence-corrected chi connectivity index (χ2v) is 4.35. The first-order valence-corrected chi connectivity index (χ1v) is 5.88. The van der Waals surface area contributed by atoms with E-state index in [4.69, 9.17) is 5.26 Å². The maximum Gasteiger partial charge on any atom is 0.204 e. The molecule has 0 bridgehead atoms. The first-order valence-electron chi connectivity index (χ1n) is 5.88. The molecular formula is C12H21N5. The van der Waals surface area contributed by atoms with E-state index in [1.807, 2.05) is 32.2 Å². The summed E-state index contributed by atoms with van der Waals surface area (Å²) in [5.74, 6) is 0.940. The zero-order valence-corrected chi connectivity index (χ0v) is 11.1. The van der Waals surface area contributed by atoms with Crippen molar-refractivity contribution in [2.75, 3.05) is 19.0 Å². The molecule has 0 amide bonds. The molecule has 1 N–H and O–H groups in total. The van der Waals surface area contributed by atoms with Crippen LogP contribution in [0.1, 0.15) is 25.5 Å². The summed E-state index contributed by atoms with van der Waals surface area (Å²) in [7, 11) is 5.96. The monoisotopic (exact) mass is 235 g/mol. The molecule has 1 heterocycles. The van der Waals surface area contributed by atoms with Gasteiger partial charge in [0, 0.05) is 33.7 Å². The Kier molecular flexibility index (Phi) is 4.98. The number of imidazole rings is 1. The summed E-state index contributed by atoms with van der Waals surface area (Å²) < 4.78 is 2.06. The van der Waals surface area contributed by atoms with Crippen LogP contribution in [0.4, 0.5) is 5.95 Å². The zero-order valence-electron chi connectivity index (χ0n) is 11.1. The molecule has 17 heavy (non-hydrogen) atoms. The first kappa shape index (κ1) is 13.5. The van der Waals surface area contributed by atoms with E-state index in [0.717, 1.165) is 24.6 Å². The van der Waals surface area contributed by atoms with E-state index < -0.39 is 0 Å². The van der Waals surface area contributed by atoms with Gasteiger partial charge in [-0.25, -0.2) is 4.98 Å². The van der Waals surface area contributed by atoms with Gasteiger partial charge in [-0.05, 0) is 6.42 Å². The van der Waals surface area contributed by atoms with Crippen molar-refractivity contribution < 1.29 is 0 Å². The van der Waals surface area contributed by atoms with Gasteiger partial charge in [-0.3, -0.25) is 0 Å². The summed E-state index contributed by atoms with van der Waals surface area (Å²) in [6.07, 6.45) is 3.39. The minimum absolute atomic E-state index is 0.262. The molecular weight excluding hydrogens is 214 g/mol. The Labute approximate surface area is 103 Å². The second kappa shape index (κ2) is 6.26. The average Bonchev–Trinajstić information content (AvgIpc) is 2.66. The highest BCUT2D eigenvalue weighted by Gasteiger charge is 2.10. The molecule has 5 nitrogen and oxygen atoms in total. The Balaban J connectivity index is 2.61. The molecule has 0 fully saturated rings. The van der Waals surface area contributed by atoms with E-state index in [2.05, 4.69) is 27.9 Å². The molecule has 1 aromatic rings. The van der Waals surface area contributed by atoms with Gasteiger partial charge in [0.2, 0.25) is 5.95 Å². The standard InChI is InChI=1S/C12H21N5/c1-5-10(6-7-13)14-8-11-9-15-12(16(2)3)17(11)4/h9-10,14H,5-6,8H2,1-4H3. The third-order valence-corrected chi connectivity index (χ3v) is 2.86. The summed E-state index contributed by atoms with van der Waals surface area (Å²) in [6, 6.07) is 2.46. The van der Waals surface area contributed by atoms with Gasteiger partial charge in [0.1, 0.15) is 0 Å². The Morgan fingerprint density at radius 2 is 2.29 bits per heavy atom. The Morgan fingerprint density at radius 3 is 2.76 bits per heavy atom. The van der Waals surface area contributed by atoms with Crippen LogP contribution in [0, 0.1) is 11.3 Å². The van der Waals surface area contributed by atoms with E-state index >= 15 is 0 Å². The number of hydrogen-bond donors (Lipinski definition) is 1. The predicted molar refractivity (Wildman–Crippen MR) is 68.7 cm³/mol. The zero-order chi connectivity index (χ0) is 12.8. The summed E-state index contributed by atoms with van der Waals surface area (Å²) >= 11 is 0. The van der Waals surface area contributed by atoms with Crippen LogP contribution < -0.4 is 10.2 Å². The lowest BCUT2D eigenvalue weighted by Gasteiger charge is -2.15. The molecule has 1 unspecified atom stereocenters. The van der Waals surface area contributed by atoms with Crippen molar-refractivity contribution in [2.45, 2.75) is 32.4 Å². The van der Waals surface area contributed by atoms with Crippen molar-refractivity contribution >= 4 is 5.95 Å². The van der Waals surface area contributed by atoms with Gasteiger partial charge >= 0.3 is 0 Å². The number of nitriles is 1. The quantitative estimate of drug-likeness (QED) is 0.806. The van der Waals surface area contributed by atoms with E-state index in [-0.39, 0.29) is 6.04 Å². The Morgan fingerprint density at radius 1 is 1.59 bits per heavy atom. The smallest absolute Gasteiger partial charge is 0.204 e. The first-order chi connectivity index (χ1) is 8.10. The van der Waals surface area contributed by atoms with E-state index in [9.17, 15) is 0 Å². The maximum absolute atomic E-state index is 8.68. The normalized spacial score (nSPS) is 12.2. The molecule has 0 aliphatic rings. The number of nitrogens with one attached hydrogen (secondary N) is 1. The van der Waals surface area contributed by atoms with Gasteiger partial charge in [-0.1, -0.05) is 6.92 Å². The van der Waals surface area contributed by atoms with Crippen LogP contribution in [0.15, 0.2) is 6.20 Å². The van der Waals surface area contributed by atoms with Crippen molar-refractivity contribution in [1.29, 1.82) is 5.26 Å². The summed E-state index contributed by atoms with van der Waals surface area (Å²) in [5, 5.41) is 12.1. The highest BCUT2D eigenvalue weighted by Crippen LogP contribution is 2.11. The lowest BCUT2D eigenvalue weighted by molar-refractivity contribution is 0.495. The van der Waals surface area contributed by atoms with Gasteiger partial charge in [0.05, 0.1) is 24.4 Å². The Bertz CT molecular complexity index is 388. The number of aromatic nitrogens is 2. The highest BCUT2D eigenvalue weighted by molar-refractivity contribution is 5.30. The summed E-state index contributed by atoms with van der Waals surface area (Å²) in [4.78, 5) is 6.33. The van der Waals surface area contributed by atoms with E-state index in [1.54, 1.807) is 0 Å². The van der Waals surface area contributed by atoms with E-state index in [0.29, 0.717) is 6.42 Å². The average molecular weight is 235 g/mol. The molecule has 0 saturated heterocycles. The van der Waals surface area contributed by atoms with Crippen LogP contribution >= 0.6 is 0 Å². The van der Waals surface area contributed by atoms with Crippen LogP contribution in [-0.4, -0.2) is 29.7 Å². The molecule has 1 atom stereocenters. The minimum atomic E-state index is 0.262. The third-order valence-electron chi connectivity index (χ3n) is 2.86. The maximum atomic E-state index is 8.68. The van der Waals surface area contributed by atoms with Crippen LogP contribution in [0.3, 0.4) is 0 Å². The largest absolute Gasteiger partial charge is 0.348 e. The SMILES string of the molecule is CCC(CC#N)NCc1cnc(N(C)C)n1C. The summed E-state index contributed by atoms with van der Waals surface area (Å²) in [6.45, 7) is 2.83. The van der Waals surface area contributed by atoms with Gasteiger partial charge in [0.25, 0.3) is 0 Å². The molecule has 0 aliphatic heterocycles. The number of hydrogen-bond acceptors (Lipinski definition) is 4. The predicted octanol–water partition coefficient (Wildman–Crippen LogP) is 1.27. The second-order valence-electron chi connectivity index (χ2n) is 4.35. The van der Waals surface area contributed by atoms with Gasteiger partial charge in [0.15, 0.2) is 0 Å². The van der Waals surface area contributed by atoms with Crippen molar-refractivity contribution in [3.05, 3.63) is 11.9 Å². The van der Waals surface area contributed by atoms with Crippen molar-refractivity contribution in [3.8, 4) is 6.07 Å². The molecule has 0 aliphatic carbocycles. The number of nitrogens with zero attached hydrogens (tertiary/aromatic N) is 4. The lowest BCUT2D eigenvalue weighted by Crippen LogP contribution is -2.28. The molecule has 0 aromatic carbocycles. The lowest BCUT2D eigenvalue weighted by atomic mass is 10.1. The molecule has 5 heteroatoms. The van der Waals surface area contributed by atoms with Crippen LogP contribution in [0.2, 0.25) is 0 Å². The highest BCUT2D eigenvalue weighted by atomic mass is 15.3. The summed E-state index contributed by atoms with van der Waals surface area (Å²) in [5.41, 5.74) is 1.13. The van der Waals surface area contributed by atoms with Crippen LogP contribution in [0.5, 0.6) is 0 Å². The van der Waals surface area contributed by atoms with Crippen molar-refractivity contribution in [2.24, 2.45) is 7.05 Å². The Hall–Kier alpha value is -1.54. The van der Waals surface area contributed by atoms with E-state index in [1.165, 1.54) is 0 Å². The van der Waals surface area contributed by atoms with Crippen molar-refractivity contribution in [3.63, 3.8) is 0 Å². The van der Waals surface area contributed by atoms with Crippen LogP contribution in [-0.2, 0) is 13.6 Å². The van der Waals surface area contributed by atoms with Crippen molar-refractivity contribution in [1.82, 2.24) is 14.9 Å². The van der Waals surface area contributed by atoms with Gasteiger partial charge < -0.3 is 14.8 Å². The van der Waals surface area contributed by atoms with Gasteiger partial charge in [-0.15, -0.1) is 0 Å². The molecule has 94 valence electrons. The molecule has 0 radical (unpaired) electrons. The molecule has 1 rings (SSSR count). The fraction of sp³-hybridized carbons (Fsp3) is 0.667. The molecule has 0 saturated carbocycles. The number of anilines is 1. The fourth-order valence-corrected chi connectivity index (χ4v) is 1.73. The molecule has 0 spiro atoms. The fourth-order valence-electron chi connectivity index (χ4n) is 1.73.